The molecule has 0 saturated heterocycles. The zero-order valence-corrected chi connectivity index (χ0v) is 12.3. The Morgan fingerprint density at radius 1 is 1.37 bits per heavy atom. The van der Waals surface area contributed by atoms with Crippen molar-refractivity contribution in [3.8, 4) is 0 Å². The molecule has 0 aliphatic carbocycles. The Bertz CT molecular complexity index is 537. The summed E-state index contributed by atoms with van der Waals surface area (Å²) >= 11 is 7.36. The fourth-order valence-electron chi connectivity index (χ4n) is 1.77. The van der Waals surface area contributed by atoms with Gasteiger partial charge < -0.3 is 5.32 Å². The van der Waals surface area contributed by atoms with Crippen LogP contribution in [0.25, 0.3) is 0 Å². The predicted molar refractivity (Wildman–Crippen MR) is 78.6 cm³/mol. The number of halogens is 1. The first-order valence-electron chi connectivity index (χ1n) is 6.03. The third-order valence-corrected chi connectivity index (χ3v) is 3.97. The van der Waals surface area contributed by atoms with Gasteiger partial charge in [0, 0.05) is 11.1 Å². The second-order valence-corrected chi connectivity index (χ2v) is 5.95. The molecule has 0 radical (unpaired) electrons. The van der Waals surface area contributed by atoms with Gasteiger partial charge in [0.1, 0.15) is 5.15 Å². The minimum absolute atomic E-state index is 0.0168. The maximum absolute atomic E-state index is 12.2. The summed E-state index contributed by atoms with van der Waals surface area (Å²) in [5.41, 5.74) is 0.520. The van der Waals surface area contributed by atoms with Crippen LogP contribution in [0.15, 0.2) is 35.8 Å². The smallest absolute Gasteiger partial charge is 0.253 e. The molecule has 0 aliphatic heterocycles. The number of nitrogens with zero attached hydrogens (tertiary/aromatic N) is 1. The zero-order chi connectivity index (χ0) is 13.8. The van der Waals surface area contributed by atoms with Gasteiger partial charge in [-0.05, 0) is 29.5 Å². The van der Waals surface area contributed by atoms with Gasteiger partial charge in [-0.3, -0.25) is 4.79 Å². The average molecular weight is 295 g/mol. The number of thiophene rings is 1. The topological polar surface area (TPSA) is 42.0 Å². The Labute approximate surface area is 121 Å². The van der Waals surface area contributed by atoms with Gasteiger partial charge in [-0.1, -0.05) is 31.5 Å². The molecule has 3 nitrogen and oxygen atoms in total. The van der Waals surface area contributed by atoms with Gasteiger partial charge in [0.05, 0.1) is 11.6 Å². The lowest BCUT2D eigenvalue weighted by atomic mass is 10.0. The molecule has 2 heterocycles. The lowest BCUT2D eigenvalue weighted by molar-refractivity contribution is 0.0926. The molecule has 2 aromatic rings. The molecule has 0 spiro atoms. The van der Waals surface area contributed by atoms with Crippen molar-refractivity contribution in [1.82, 2.24) is 10.3 Å². The Balaban J connectivity index is 2.14. The molecule has 0 aliphatic rings. The Kier molecular flexibility index (Phi) is 4.56. The Morgan fingerprint density at radius 2 is 2.16 bits per heavy atom. The van der Waals surface area contributed by atoms with Crippen molar-refractivity contribution in [3.05, 3.63) is 51.4 Å². The molecule has 0 unspecified atom stereocenters. The third kappa shape index (κ3) is 3.55. The van der Waals surface area contributed by atoms with E-state index in [0.717, 1.165) is 4.88 Å². The molecule has 0 fully saturated rings. The summed E-state index contributed by atoms with van der Waals surface area (Å²) in [5, 5.41) is 5.44. The van der Waals surface area contributed by atoms with Crippen LogP contribution in [-0.4, -0.2) is 10.9 Å². The molecule has 0 saturated carbocycles. The number of carbonyl (C=O) groups is 1. The van der Waals surface area contributed by atoms with Gasteiger partial charge >= 0.3 is 0 Å². The maximum Gasteiger partial charge on any atom is 0.253 e. The highest BCUT2D eigenvalue weighted by atomic mass is 35.5. The zero-order valence-electron chi connectivity index (χ0n) is 10.8. The Morgan fingerprint density at radius 3 is 2.68 bits per heavy atom. The van der Waals surface area contributed by atoms with E-state index in [1.807, 2.05) is 17.5 Å². The molecule has 100 valence electrons. The highest BCUT2D eigenvalue weighted by molar-refractivity contribution is 7.10. The van der Waals surface area contributed by atoms with Crippen LogP contribution in [0.3, 0.4) is 0 Å². The first kappa shape index (κ1) is 14.0. The summed E-state index contributed by atoms with van der Waals surface area (Å²) in [4.78, 5) is 17.3. The van der Waals surface area contributed by atoms with E-state index in [-0.39, 0.29) is 11.9 Å². The van der Waals surface area contributed by atoms with Crippen molar-refractivity contribution in [2.75, 3.05) is 0 Å². The van der Waals surface area contributed by atoms with Crippen molar-refractivity contribution < 1.29 is 4.79 Å². The number of pyridine rings is 1. The third-order valence-electron chi connectivity index (χ3n) is 2.79. The van der Waals surface area contributed by atoms with Crippen molar-refractivity contribution in [2.45, 2.75) is 19.9 Å². The number of hydrogen-bond acceptors (Lipinski definition) is 3. The first-order valence-corrected chi connectivity index (χ1v) is 7.29. The molecule has 1 amide bonds. The van der Waals surface area contributed by atoms with Crippen molar-refractivity contribution in [3.63, 3.8) is 0 Å². The average Bonchev–Trinajstić information content (AvgIpc) is 2.89. The van der Waals surface area contributed by atoms with Gasteiger partial charge in [-0.25, -0.2) is 4.98 Å². The van der Waals surface area contributed by atoms with Crippen molar-refractivity contribution in [2.24, 2.45) is 5.92 Å². The fourth-order valence-corrected chi connectivity index (χ4v) is 2.83. The summed E-state index contributed by atoms with van der Waals surface area (Å²) in [6.07, 6.45) is 1.49. The fraction of sp³-hybridized carbons (Fsp3) is 0.286. The van der Waals surface area contributed by atoms with Crippen LogP contribution in [-0.2, 0) is 0 Å². The number of hydrogen-bond donors (Lipinski definition) is 1. The van der Waals surface area contributed by atoms with E-state index in [1.165, 1.54) is 6.20 Å². The Hall–Kier alpha value is -1.39. The molecule has 1 N–H and O–H groups in total. The molecular formula is C14H15ClN2OS. The minimum atomic E-state index is -0.128. The van der Waals surface area contributed by atoms with Crippen molar-refractivity contribution in [1.29, 1.82) is 0 Å². The van der Waals surface area contributed by atoms with E-state index in [1.54, 1.807) is 23.5 Å². The summed E-state index contributed by atoms with van der Waals surface area (Å²) < 4.78 is 0. The van der Waals surface area contributed by atoms with E-state index in [4.69, 9.17) is 11.6 Å². The number of nitrogens with one attached hydrogen (secondary N) is 1. The van der Waals surface area contributed by atoms with Crippen LogP contribution >= 0.6 is 22.9 Å². The summed E-state index contributed by atoms with van der Waals surface area (Å²) in [6, 6.07) is 7.34. The van der Waals surface area contributed by atoms with E-state index in [0.29, 0.717) is 16.6 Å². The summed E-state index contributed by atoms with van der Waals surface area (Å²) in [7, 11) is 0. The first-order chi connectivity index (χ1) is 9.08. The van der Waals surface area contributed by atoms with Crippen molar-refractivity contribution >= 4 is 28.8 Å². The molecular weight excluding hydrogens is 280 g/mol. The SMILES string of the molecule is CC(C)[C@H](NC(=O)c1ccc(Cl)nc1)c1cccs1. The molecule has 5 heteroatoms. The maximum atomic E-state index is 12.2. The molecule has 19 heavy (non-hydrogen) atoms. The summed E-state index contributed by atoms with van der Waals surface area (Å²) in [6.45, 7) is 4.18. The van der Waals surface area contributed by atoms with Gasteiger partial charge in [0.2, 0.25) is 0 Å². The van der Waals surface area contributed by atoms with E-state index >= 15 is 0 Å². The van der Waals surface area contributed by atoms with Gasteiger partial charge in [-0.15, -0.1) is 11.3 Å². The number of aromatic nitrogens is 1. The number of carbonyl (C=O) groups excluding carboxylic acids is 1. The minimum Gasteiger partial charge on any atom is -0.344 e. The second-order valence-electron chi connectivity index (χ2n) is 4.58. The molecule has 1 atom stereocenters. The normalized spacial score (nSPS) is 12.4. The van der Waals surface area contributed by atoms with Crippen LogP contribution in [0, 0.1) is 5.92 Å². The van der Waals surface area contributed by atoms with Gasteiger partial charge in [-0.2, -0.15) is 0 Å². The molecule has 0 aromatic carbocycles. The quantitative estimate of drug-likeness (QED) is 0.868. The molecule has 2 aromatic heterocycles. The van der Waals surface area contributed by atoms with Crippen LogP contribution in [0.1, 0.15) is 35.1 Å². The van der Waals surface area contributed by atoms with Gasteiger partial charge in [0.15, 0.2) is 0 Å². The predicted octanol–water partition coefficient (Wildman–Crippen LogP) is 3.92. The largest absolute Gasteiger partial charge is 0.344 e. The van der Waals surface area contributed by atoms with E-state index in [9.17, 15) is 4.79 Å². The van der Waals surface area contributed by atoms with E-state index in [2.05, 4.69) is 24.1 Å². The van der Waals surface area contributed by atoms with Crippen LogP contribution in [0.4, 0.5) is 0 Å². The van der Waals surface area contributed by atoms with Crippen LogP contribution in [0.2, 0.25) is 5.15 Å². The van der Waals surface area contributed by atoms with E-state index < -0.39 is 0 Å². The van der Waals surface area contributed by atoms with Crippen LogP contribution in [0.5, 0.6) is 0 Å². The molecule has 2 rings (SSSR count). The van der Waals surface area contributed by atoms with Crippen LogP contribution < -0.4 is 5.32 Å². The standard InChI is InChI=1S/C14H15ClN2OS/c1-9(2)13(11-4-3-7-19-11)17-14(18)10-5-6-12(15)16-8-10/h3-9,13H,1-2H3,(H,17,18)/t13-/m0/s1. The summed E-state index contributed by atoms with van der Waals surface area (Å²) in [5.74, 6) is 0.194. The monoisotopic (exact) mass is 294 g/mol. The number of rotatable bonds is 4. The van der Waals surface area contributed by atoms with Gasteiger partial charge in [0.25, 0.3) is 5.91 Å². The second kappa shape index (κ2) is 6.17. The lowest BCUT2D eigenvalue weighted by Gasteiger charge is -2.21. The number of amides is 1. The highest BCUT2D eigenvalue weighted by Crippen LogP contribution is 2.26. The highest BCUT2D eigenvalue weighted by Gasteiger charge is 2.20. The lowest BCUT2D eigenvalue weighted by Crippen LogP contribution is -2.31. The molecule has 0 bridgehead atoms.